The number of aliphatic hydroxyl groups is 1. The van der Waals surface area contributed by atoms with Gasteiger partial charge in [-0.2, -0.15) is 0 Å². The van der Waals surface area contributed by atoms with Crippen LogP contribution in [0.2, 0.25) is 0 Å². The van der Waals surface area contributed by atoms with Gasteiger partial charge in [0.2, 0.25) is 5.91 Å². The van der Waals surface area contributed by atoms with Crippen molar-refractivity contribution in [2.45, 2.75) is 13.0 Å². The van der Waals surface area contributed by atoms with Crippen LogP contribution < -0.4 is 15.5 Å². The molecular formula is C13H16FN3O3. The summed E-state index contributed by atoms with van der Waals surface area (Å²) < 4.78 is 14.1. The largest absolute Gasteiger partial charge is 0.378 e. The minimum absolute atomic E-state index is 0.0131. The highest BCUT2D eigenvalue weighted by Gasteiger charge is 2.30. The van der Waals surface area contributed by atoms with Crippen LogP contribution in [0, 0.1) is 5.82 Å². The molecule has 0 spiro atoms. The Morgan fingerprint density at radius 1 is 1.55 bits per heavy atom. The van der Waals surface area contributed by atoms with E-state index in [9.17, 15) is 19.1 Å². The van der Waals surface area contributed by atoms with Crippen molar-refractivity contribution in [3.63, 3.8) is 0 Å². The van der Waals surface area contributed by atoms with E-state index in [-0.39, 0.29) is 23.7 Å². The molecule has 1 atom stereocenters. The quantitative estimate of drug-likeness (QED) is 0.745. The number of likely N-dealkylation sites (N-methyl/N-ethyl adjacent to an activating group) is 2. The van der Waals surface area contributed by atoms with Crippen molar-refractivity contribution in [1.29, 1.82) is 0 Å². The van der Waals surface area contributed by atoms with Crippen LogP contribution in [0.4, 0.5) is 15.8 Å². The van der Waals surface area contributed by atoms with Gasteiger partial charge in [0.15, 0.2) is 6.10 Å². The molecule has 20 heavy (non-hydrogen) atoms. The lowest BCUT2D eigenvalue weighted by atomic mass is 10.1. The van der Waals surface area contributed by atoms with Crippen LogP contribution in [0.25, 0.3) is 0 Å². The average molecular weight is 281 g/mol. The fourth-order valence-corrected chi connectivity index (χ4v) is 2.12. The van der Waals surface area contributed by atoms with E-state index in [0.717, 1.165) is 6.07 Å². The maximum absolute atomic E-state index is 14.1. The van der Waals surface area contributed by atoms with Gasteiger partial charge in [-0.05, 0) is 19.1 Å². The number of anilines is 2. The molecule has 0 saturated carbocycles. The van der Waals surface area contributed by atoms with Crippen LogP contribution >= 0.6 is 0 Å². The van der Waals surface area contributed by atoms with E-state index < -0.39 is 17.8 Å². The Balaban J connectivity index is 2.36. The highest BCUT2D eigenvalue weighted by Crippen LogP contribution is 2.35. The summed E-state index contributed by atoms with van der Waals surface area (Å²) in [5, 5.41) is 14.5. The Morgan fingerprint density at radius 2 is 2.25 bits per heavy atom. The number of nitrogens with one attached hydrogen (secondary N) is 2. The number of halogens is 1. The predicted molar refractivity (Wildman–Crippen MR) is 71.9 cm³/mol. The summed E-state index contributed by atoms with van der Waals surface area (Å²) in [6.07, 6.45) is -1.34. The fraction of sp³-hybridized carbons (Fsp3) is 0.385. The summed E-state index contributed by atoms with van der Waals surface area (Å²) in [6.45, 7) is 2.24. The highest BCUT2D eigenvalue weighted by molar-refractivity contribution is 6.02. The van der Waals surface area contributed by atoms with Gasteiger partial charge in [0.25, 0.3) is 5.91 Å². The van der Waals surface area contributed by atoms with Gasteiger partial charge in [-0.25, -0.2) is 4.39 Å². The normalized spacial score (nSPS) is 16.6. The molecular weight excluding hydrogens is 265 g/mol. The molecule has 1 aromatic carbocycles. The first-order valence-electron chi connectivity index (χ1n) is 6.25. The molecule has 2 rings (SSSR count). The van der Waals surface area contributed by atoms with Gasteiger partial charge in [-0.1, -0.05) is 0 Å². The van der Waals surface area contributed by atoms with Crippen molar-refractivity contribution < 1.29 is 19.1 Å². The molecule has 2 amide bonds. The van der Waals surface area contributed by atoms with E-state index >= 15 is 0 Å². The van der Waals surface area contributed by atoms with Crippen LogP contribution in [-0.4, -0.2) is 37.1 Å². The lowest BCUT2D eigenvalue weighted by molar-refractivity contribution is -0.123. The van der Waals surface area contributed by atoms with Crippen LogP contribution in [0.5, 0.6) is 0 Å². The molecule has 108 valence electrons. The first-order chi connectivity index (χ1) is 9.47. The summed E-state index contributed by atoms with van der Waals surface area (Å²) in [7, 11) is 1.51. The topological polar surface area (TPSA) is 81.7 Å². The van der Waals surface area contributed by atoms with Crippen molar-refractivity contribution >= 4 is 23.2 Å². The Hall–Kier alpha value is -2.15. The molecule has 7 heteroatoms. The molecule has 6 nitrogen and oxygen atoms in total. The van der Waals surface area contributed by atoms with E-state index in [1.54, 1.807) is 11.8 Å². The number of carbonyl (C=O) groups is 2. The van der Waals surface area contributed by atoms with Crippen LogP contribution in [0.3, 0.4) is 0 Å². The third-order valence-corrected chi connectivity index (χ3v) is 3.26. The Kier molecular flexibility index (Phi) is 3.89. The molecule has 1 aliphatic rings. The van der Waals surface area contributed by atoms with Crippen LogP contribution in [0.15, 0.2) is 12.1 Å². The van der Waals surface area contributed by atoms with E-state index in [1.165, 1.54) is 13.1 Å². The van der Waals surface area contributed by atoms with Crippen LogP contribution in [0.1, 0.15) is 18.6 Å². The maximum atomic E-state index is 14.1. The first kappa shape index (κ1) is 14.3. The number of aliphatic hydroxyl groups excluding tert-OH is 1. The van der Waals surface area contributed by atoms with Gasteiger partial charge in [0.1, 0.15) is 5.82 Å². The summed E-state index contributed by atoms with van der Waals surface area (Å²) in [5.41, 5.74) is 0.797. The minimum Gasteiger partial charge on any atom is -0.378 e. The van der Waals surface area contributed by atoms with Gasteiger partial charge in [-0.15, -0.1) is 0 Å². The van der Waals surface area contributed by atoms with Gasteiger partial charge in [0.05, 0.1) is 12.2 Å². The molecule has 0 radical (unpaired) electrons. The van der Waals surface area contributed by atoms with Crippen molar-refractivity contribution in [3.05, 3.63) is 23.5 Å². The molecule has 1 aromatic rings. The standard InChI is InChI=1S/C13H16FN3O3/c1-3-17(6-11(18)15-2)10-5-9-7(4-8(10)14)12(19)13(20)16-9/h4-5,12,19H,3,6H2,1-2H3,(H,15,18)(H,16,20). The fourth-order valence-electron chi connectivity index (χ4n) is 2.12. The molecule has 1 heterocycles. The monoisotopic (exact) mass is 281 g/mol. The Labute approximate surface area is 115 Å². The SMILES string of the molecule is CCN(CC(=O)NC)c1cc2c(cc1F)C(O)C(=O)N2. The molecule has 0 aliphatic carbocycles. The van der Waals surface area contributed by atoms with E-state index in [4.69, 9.17) is 0 Å². The van der Waals surface area contributed by atoms with Crippen LogP contribution in [-0.2, 0) is 9.59 Å². The first-order valence-corrected chi connectivity index (χ1v) is 6.25. The van der Waals surface area contributed by atoms with Gasteiger partial charge >= 0.3 is 0 Å². The van der Waals surface area contributed by atoms with Crippen molar-refractivity contribution in [2.24, 2.45) is 0 Å². The number of fused-ring (bicyclic) bond motifs is 1. The van der Waals surface area contributed by atoms with Crippen molar-refractivity contribution in [2.75, 3.05) is 30.4 Å². The van der Waals surface area contributed by atoms with Gasteiger partial charge in [0, 0.05) is 24.8 Å². The zero-order valence-corrected chi connectivity index (χ0v) is 11.2. The molecule has 3 N–H and O–H groups in total. The minimum atomic E-state index is -1.34. The lowest BCUT2D eigenvalue weighted by Gasteiger charge is -2.23. The average Bonchev–Trinajstić information content (AvgIpc) is 2.70. The van der Waals surface area contributed by atoms with Gasteiger partial charge < -0.3 is 20.6 Å². The zero-order valence-electron chi connectivity index (χ0n) is 11.2. The third kappa shape index (κ3) is 2.44. The summed E-state index contributed by atoms with van der Waals surface area (Å²) in [6, 6.07) is 2.56. The summed E-state index contributed by atoms with van der Waals surface area (Å²) in [4.78, 5) is 24.3. The molecule has 0 fully saturated rings. The molecule has 1 aliphatic heterocycles. The van der Waals surface area contributed by atoms with Crippen molar-refractivity contribution in [1.82, 2.24) is 5.32 Å². The van der Waals surface area contributed by atoms with Crippen molar-refractivity contribution in [3.8, 4) is 0 Å². The maximum Gasteiger partial charge on any atom is 0.257 e. The second-order valence-electron chi connectivity index (χ2n) is 4.47. The summed E-state index contributed by atoms with van der Waals surface area (Å²) >= 11 is 0. The predicted octanol–water partition coefficient (Wildman–Crippen LogP) is 0.384. The highest BCUT2D eigenvalue weighted by atomic mass is 19.1. The third-order valence-electron chi connectivity index (χ3n) is 3.26. The Bertz CT molecular complexity index is 562. The number of nitrogens with zero attached hydrogens (tertiary/aromatic N) is 1. The Morgan fingerprint density at radius 3 is 2.85 bits per heavy atom. The summed E-state index contributed by atoms with van der Waals surface area (Å²) in [5.74, 6) is -1.40. The van der Waals surface area contributed by atoms with E-state index in [1.807, 2.05) is 0 Å². The van der Waals surface area contributed by atoms with E-state index in [0.29, 0.717) is 12.2 Å². The number of hydrogen-bond donors (Lipinski definition) is 3. The molecule has 0 saturated heterocycles. The zero-order chi connectivity index (χ0) is 14.9. The molecule has 1 unspecified atom stereocenters. The second kappa shape index (κ2) is 5.46. The molecule has 0 aromatic heterocycles. The lowest BCUT2D eigenvalue weighted by Crippen LogP contribution is -2.36. The number of rotatable bonds is 4. The number of hydrogen-bond acceptors (Lipinski definition) is 4. The smallest absolute Gasteiger partial charge is 0.257 e. The van der Waals surface area contributed by atoms with Gasteiger partial charge in [-0.3, -0.25) is 9.59 Å². The number of benzene rings is 1. The molecule has 0 bridgehead atoms. The number of amides is 2. The second-order valence-corrected chi connectivity index (χ2v) is 4.47. The van der Waals surface area contributed by atoms with E-state index in [2.05, 4.69) is 10.6 Å². The number of carbonyl (C=O) groups excluding carboxylic acids is 2.